The monoisotopic (exact) mass is 211 g/mol. The number of nitrogens with zero attached hydrogens (tertiary/aromatic N) is 1. The van der Waals surface area contributed by atoms with E-state index in [1.165, 1.54) is 6.42 Å². The Morgan fingerprint density at radius 1 is 1.60 bits per heavy atom. The average molecular weight is 211 g/mol. The normalized spacial score (nSPS) is 31.5. The summed E-state index contributed by atoms with van der Waals surface area (Å²) in [5.41, 5.74) is 5.85. The topological polar surface area (TPSA) is 58.4 Å². The van der Waals surface area contributed by atoms with E-state index in [1.807, 2.05) is 4.90 Å². The summed E-state index contributed by atoms with van der Waals surface area (Å²) in [6.45, 7) is 4.48. The van der Waals surface area contributed by atoms with Crippen molar-refractivity contribution < 1.29 is 4.79 Å². The van der Waals surface area contributed by atoms with Crippen molar-refractivity contribution in [3.8, 4) is 0 Å². The molecule has 0 radical (unpaired) electrons. The van der Waals surface area contributed by atoms with Crippen molar-refractivity contribution in [2.24, 2.45) is 11.1 Å². The molecule has 2 rings (SSSR count). The van der Waals surface area contributed by atoms with Crippen molar-refractivity contribution in [3.63, 3.8) is 0 Å². The zero-order valence-corrected chi connectivity index (χ0v) is 9.46. The number of urea groups is 1. The van der Waals surface area contributed by atoms with Crippen LogP contribution in [0.25, 0.3) is 0 Å². The second kappa shape index (κ2) is 4.00. The summed E-state index contributed by atoms with van der Waals surface area (Å²) in [5, 5.41) is 3.07. The summed E-state index contributed by atoms with van der Waals surface area (Å²) in [7, 11) is 0. The van der Waals surface area contributed by atoms with E-state index in [2.05, 4.69) is 12.2 Å². The predicted octanol–water partition coefficient (Wildman–Crippen LogP) is 0.919. The molecule has 15 heavy (non-hydrogen) atoms. The molecule has 1 saturated carbocycles. The second-order valence-corrected chi connectivity index (χ2v) is 5.26. The predicted molar refractivity (Wildman–Crippen MR) is 59.5 cm³/mol. The summed E-state index contributed by atoms with van der Waals surface area (Å²) in [6.07, 6.45) is 4.58. The van der Waals surface area contributed by atoms with E-state index in [4.69, 9.17) is 5.73 Å². The standard InChI is InChI=1S/C11H21N3O/c1-11(7-12)5-6-14(8-11)10(15)13-9-3-2-4-9/h9H,2-8,12H2,1H3,(H,13,15). The van der Waals surface area contributed by atoms with Crippen LogP contribution in [0.1, 0.15) is 32.6 Å². The SMILES string of the molecule is CC1(CN)CCN(C(=O)NC2CCC2)C1. The number of hydrogen-bond acceptors (Lipinski definition) is 2. The Morgan fingerprint density at radius 3 is 2.80 bits per heavy atom. The molecule has 86 valence electrons. The minimum absolute atomic E-state index is 0.108. The van der Waals surface area contributed by atoms with Crippen LogP contribution in [-0.2, 0) is 0 Å². The first kappa shape index (κ1) is 10.7. The van der Waals surface area contributed by atoms with Gasteiger partial charge in [0.25, 0.3) is 0 Å². The molecule has 2 amide bonds. The third kappa shape index (κ3) is 2.25. The molecule has 2 aliphatic rings. The van der Waals surface area contributed by atoms with Gasteiger partial charge < -0.3 is 16.0 Å². The number of rotatable bonds is 2. The number of likely N-dealkylation sites (tertiary alicyclic amines) is 1. The molecule has 1 aliphatic carbocycles. The molecule has 1 atom stereocenters. The lowest BCUT2D eigenvalue weighted by molar-refractivity contribution is 0.191. The highest BCUT2D eigenvalue weighted by Gasteiger charge is 2.35. The Bertz CT molecular complexity index is 252. The van der Waals surface area contributed by atoms with Gasteiger partial charge in [-0.05, 0) is 37.6 Å². The average Bonchev–Trinajstić information content (AvgIpc) is 2.55. The summed E-state index contributed by atoms with van der Waals surface area (Å²) in [6, 6.07) is 0.541. The summed E-state index contributed by atoms with van der Waals surface area (Å²) in [4.78, 5) is 13.7. The van der Waals surface area contributed by atoms with Gasteiger partial charge in [0.15, 0.2) is 0 Å². The molecule has 4 heteroatoms. The molecular weight excluding hydrogens is 190 g/mol. The van der Waals surface area contributed by atoms with Gasteiger partial charge in [0, 0.05) is 19.1 Å². The van der Waals surface area contributed by atoms with Crippen molar-refractivity contribution in [2.45, 2.75) is 38.6 Å². The van der Waals surface area contributed by atoms with Crippen LogP contribution >= 0.6 is 0 Å². The summed E-state index contributed by atoms with van der Waals surface area (Å²) in [5.74, 6) is 0. The highest BCUT2D eigenvalue weighted by Crippen LogP contribution is 2.28. The van der Waals surface area contributed by atoms with E-state index in [1.54, 1.807) is 0 Å². The molecule has 1 heterocycles. The molecule has 1 aliphatic heterocycles. The van der Waals surface area contributed by atoms with Gasteiger partial charge in [-0.3, -0.25) is 0 Å². The van der Waals surface area contributed by atoms with Crippen molar-refractivity contribution in [2.75, 3.05) is 19.6 Å². The van der Waals surface area contributed by atoms with Crippen molar-refractivity contribution in [1.82, 2.24) is 10.2 Å². The molecule has 0 aromatic heterocycles. The molecule has 4 nitrogen and oxygen atoms in total. The minimum Gasteiger partial charge on any atom is -0.335 e. The molecule has 3 N–H and O–H groups in total. The van der Waals surface area contributed by atoms with Gasteiger partial charge in [0.1, 0.15) is 0 Å². The number of hydrogen-bond donors (Lipinski definition) is 2. The lowest BCUT2D eigenvalue weighted by Crippen LogP contribution is -2.47. The Labute approximate surface area is 91.2 Å². The van der Waals surface area contributed by atoms with Gasteiger partial charge in [-0.2, -0.15) is 0 Å². The fourth-order valence-corrected chi connectivity index (χ4v) is 2.18. The Hall–Kier alpha value is -0.770. The first-order valence-electron chi connectivity index (χ1n) is 5.88. The summed E-state index contributed by atoms with van der Waals surface area (Å²) < 4.78 is 0. The van der Waals surface area contributed by atoms with Gasteiger partial charge in [-0.15, -0.1) is 0 Å². The van der Waals surface area contributed by atoms with Crippen LogP contribution in [0.5, 0.6) is 0 Å². The Kier molecular flexibility index (Phi) is 2.87. The quantitative estimate of drug-likeness (QED) is 0.713. The second-order valence-electron chi connectivity index (χ2n) is 5.26. The highest BCUT2D eigenvalue weighted by molar-refractivity contribution is 5.75. The first-order chi connectivity index (χ1) is 7.13. The smallest absolute Gasteiger partial charge is 0.317 e. The molecule has 1 unspecified atom stereocenters. The largest absolute Gasteiger partial charge is 0.335 e. The van der Waals surface area contributed by atoms with Crippen LogP contribution in [0.3, 0.4) is 0 Å². The van der Waals surface area contributed by atoms with Gasteiger partial charge in [0.2, 0.25) is 0 Å². The number of amides is 2. The van der Waals surface area contributed by atoms with Crippen LogP contribution in [0.2, 0.25) is 0 Å². The van der Waals surface area contributed by atoms with Crippen LogP contribution in [-0.4, -0.2) is 36.6 Å². The Balaban J connectivity index is 1.81. The van der Waals surface area contributed by atoms with Crippen molar-refractivity contribution in [3.05, 3.63) is 0 Å². The fourth-order valence-electron chi connectivity index (χ4n) is 2.18. The number of carbonyl (C=O) groups excluding carboxylic acids is 1. The fraction of sp³-hybridized carbons (Fsp3) is 0.909. The molecule has 2 fully saturated rings. The lowest BCUT2D eigenvalue weighted by Gasteiger charge is -2.29. The van der Waals surface area contributed by atoms with Gasteiger partial charge in [0.05, 0.1) is 0 Å². The third-order valence-corrected chi connectivity index (χ3v) is 3.77. The number of nitrogens with one attached hydrogen (secondary N) is 1. The van der Waals surface area contributed by atoms with Gasteiger partial charge in [-0.1, -0.05) is 6.92 Å². The maximum Gasteiger partial charge on any atom is 0.317 e. The highest BCUT2D eigenvalue weighted by atomic mass is 16.2. The third-order valence-electron chi connectivity index (χ3n) is 3.77. The van der Waals surface area contributed by atoms with Crippen LogP contribution in [0.4, 0.5) is 4.79 Å². The van der Waals surface area contributed by atoms with Crippen molar-refractivity contribution in [1.29, 1.82) is 0 Å². The van der Waals surface area contributed by atoms with E-state index in [0.717, 1.165) is 32.4 Å². The maximum atomic E-state index is 11.8. The Morgan fingerprint density at radius 2 is 2.33 bits per heavy atom. The molecular formula is C11H21N3O. The first-order valence-corrected chi connectivity index (χ1v) is 5.88. The zero-order chi connectivity index (χ0) is 10.9. The van der Waals surface area contributed by atoms with E-state index in [9.17, 15) is 4.79 Å². The van der Waals surface area contributed by atoms with E-state index < -0.39 is 0 Å². The van der Waals surface area contributed by atoms with Crippen LogP contribution in [0, 0.1) is 5.41 Å². The molecule has 0 bridgehead atoms. The van der Waals surface area contributed by atoms with Gasteiger partial charge in [-0.25, -0.2) is 4.79 Å². The number of nitrogens with two attached hydrogens (primary N) is 1. The minimum atomic E-state index is 0.108. The maximum absolute atomic E-state index is 11.8. The van der Waals surface area contributed by atoms with Crippen molar-refractivity contribution >= 4 is 6.03 Å². The number of carbonyl (C=O) groups is 1. The van der Waals surface area contributed by atoms with E-state index in [0.29, 0.717) is 12.6 Å². The van der Waals surface area contributed by atoms with Crippen LogP contribution in [0.15, 0.2) is 0 Å². The lowest BCUT2D eigenvalue weighted by atomic mass is 9.90. The zero-order valence-electron chi connectivity index (χ0n) is 9.46. The van der Waals surface area contributed by atoms with Crippen LogP contribution < -0.4 is 11.1 Å². The molecule has 0 spiro atoms. The van der Waals surface area contributed by atoms with Gasteiger partial charge >= 0.3 is 6.03 Å². The molecule has 0 aromatic rings. The summed E-state index contributed by atoms with van der Waals surface area (Å²) >= 11 is 0. The van der Waals surface area contributed by atoms with E-state index >= 15 is 0 Å². The molecule has 0 aromatic carbocycles. The van der Waals surface area contributed by atoms with E-state index in [-0.39, 0.29) is 11.4 Å². The molecule has 1 saturated heterocycles.